The molecule has 1 aliphatic rings. The first-order chi connectivity index (χ1) is 14.6. The van der Waals surface area contributed by atoms with Crippen molar-refractivity contribution in [3.05, 3.63) is 35.4 Å². The predicted molar refractivity (Wildman–Crippen MR) is 123 cm³/mol. The summed E-state index contributed by atoms with van der Waals surface area (Å²) in [5, 5.41) is 17.4. The Morgan fingerprint density at radius 3 is 2.30 bits per heavy atom. The number of hydrogen-bond donors (Lipinski definition) is 3. The van der Waals surface area contributed by atoms with E-state index in [1.807, 2.05) is 0 Å². The van der Waals surface area contributed by atoms with Crippen LogP contribution in [0.25, 0.3) is 0 Å². The number of ether oxygens (including phenoxy) is 2. The zero-order valence-electron chi connectivity index (χ0n) is 19.1. The fraction of sp³-hybridized carbons (Fsp3) is 0.708. The Bertz CT molecular complexity index is 607. The Kier molecular flexibility index (Phi) is 11.2. The number of aliphatic hydroxyl groups is 1. The van der Waals surface area contributed by atoms with Gasteiger partial charge in [0, 0.05) is 26.3 Å². The summed E-state index contributed by atoms with van der Waals surface area (Å²) in [7, 11) is 0. The van der Waals surface area contributed by atoms with Crippen molar-refractivity contribution in [2.24, 2.45) is 4.99 Å². The standard InChI is InChI=1S/C24H41N3O3/c1-4-13-24(28,14-5-2)19-27-23(25-6-3)26-17-20-7-9-21(10-8-20)18-30-22-11-15-29-16-12-22/h7-10,22,28H,4-6,11-19H2,1-3H3,(H2,25,26,27). The molecule has 0 spiro atoms. The predicted octanol–water partition coefficient (Wildman–Crippen LogP) is 3.77. The molecule has 1 aromatic carbocycles. The van der Waals surface area contributed by atoms with Gasteiger partial charge < -0.3 is 25.2 Å². The molecule has 0 amide bonds. The van der Waals surface area contributed by atoms with E-state index in [2.05, 4.69) is 55.7 Å². The molecule has 6 heteroatoms. The second-order valence-electron chi connectivity index (χ2n) is 8.21. The zero-order chi connectivity index (χ0) is 21.7. The van der Waals surface area contributed by atoms with E-state index in [4.69, 9.17) is 14.5 Å². The van der Waals surface area contributed by atoms with Gasteiger partial charge in [-0.05, 0) is 43.7 Å². The van der Waals surface area contributed by atoms with Gasteiger partial charge >= 0.3 is 0 Å². The fourth-order valence-electron chi connectivity index (χ4n) is 3.79. The van der Waals surface area contributed by atoms with Gasteiger partial charge in [-0.25, -0.2) is 4.99 Å². The van der Waals surface area contributed by atoms with E-state index in [-0.39, 0.29) is 0 Å². The lowest BCUT2D eigenvalue weighted by molar-refractivity contribution is -0.0390. The van der Waals surface area contributed by atoms with Gasteiger partial charge in [0.25, 0.3) is 0 Å². The number of rotatable bonds is 12. The molecule has 1 aromatic rings. The molecule has 1 heterocycles. The Morgan fingerprint density at radius 2 is 1.70 bits per heavy atom. The fourth-order valence-corrected chi connectivity index (χ4v) is 3.79. The number of aliphatic imine (C=N–C) groups is 1. The molecule has 2 rings (SSSR count). The highest BCUT2D eigenvalue weighted by Gasteiger charge is 2.24. The quantitative estimate of drug-likeness (QED) is 0.355. The summed E-state index contributed by atoms with van der Waals surface area (Å²) in [5.41, 5.74) is 1.66. The van der Waals surface area contributed by atoms with Crippen LogP contribution in [0.1, 0.15) is 70.4 Å². The first-order valence-electron chi connectivity index (χ1n) is 11.6. The van der Waals surface area contributed by atoms with Crippen LogP contribution in [0.5, 0.6) is 0 Å². The molecule has 0 aliphatic carbocycles. The van der Waals surface area contributed by atoms with Crippen molar-refractivity contribution in [2.45, 2.75) is 84.2 Å². The Hall–Kier alpha value is -1.63. The third kappa shape index (κ3) is 9.02. The van der Waals surface area contributed by atoms with Gasteiger partial charge in [-0.3, -0.25) is 0 Å². The van der Waals surface area contributed by atoms with Crippen molar-refractivity contribution in [1.29, 1.82) is 0 Å². The van der Waals surface area contributed by atoms with E-state index in [9.17, 15) is 5.11 Å². The minimum atomic E-state index is -0.675. The highest BCUT2D eigenvalue weighted by Crippen LogP contribution is 2.18. The largest absolute Gasteiger partial charge is 0.388 e. The monoisotopic (exact) mass is 419 g/mol. The first-order valence-corrected chi connectivity index (χ1v) is 11.6. The van der Waals surface area contributed by atoms with Gasteiger partial charge in [0.05, 0.1) is 24.9 Å². The first kappa shape index (κ1) is 24.6. The number of benzene rings is 1. The summed E-state index contributed by atoms with van der Waals surface area (Å²) in [6.45, 7) is 10.4. The highest BCUT2D eigenvalue weighted by molar-refractivity contribution is 5.79. The van der Waals surface area contributed by atoms with Crippen LogP contribution in [0.3, 0.4) is 0 Å². The van der Waals surface area contributed by atoms with E-state index in [0.717, 1.165) is 69.8 Å². The topological polar surface area (TPSA) is 75.1 Å². The van der Waals surface area contributed by atoms with E-state index in [1.54, 1.807) is 0 Å². The van der Waals surface area contributed by atoms with E-state index in [1.165, 1.54) is 5.56 Å². The maximum Gasteiger partial charge on any atom is 0.191 e. The number of hydrogen-bond acceptors (Lipinski definition) is 4. The number of guanidine groups is 1. The van der Waals surface area contributed by atoms with Crippen LogP contribution < -0.4 is 10.6 Å². The summed E-state index contributed by atoms with van der Waals surface area (Å²) in [4.78, 5) is 4.69. The minimum absolute atomic E-state index is 0.316. The van der Waals surface area contributed by atoms with E-state index >= 15 is 0 Å². The van der Waals surface area contributed by atoms with Gasteiger partial charge in [0.2, 0.25) is 0 Å². The second kappa shape index (κ2) is 13.6. The van der Waals surface area contributed by atoms with Gasteiger partial charge in [-0.2, -0.15) is 0 Å². The second-order valence-corrected chi connectivity index (χ2v) is 8.21. The molecule has 0 unspecified atom stereocenters. The highest BCUT2D eigenvalue weighted by atomic mass is 16.5. The molecule has 1 fully saturated rings. The van der Waals surface area contributed by atoms with Crippen LogP contribution in [-0.2, 0) is 22.6 Å². The molecule has 0 saturated carbocycles. The maximum absolute atomic E-state index is 10.8. The van der Waals surface area contributed by atoms with Gasteiger partial charge in [-0.15, -0.1) is 0 Å². The lowest BCUT2D eigenvalue weighted by Crippen LogP contribution is -2.47. The molecule has 0 aromatic heterocycles. The summed E-state index contributed by atoms with van der Waals surface area (Å²) >= 11 is 0. The number of nitrogens with zero attached hydrogens (tertiary/aromatic N) is 1. The normalized spacial score (nSPS) is 15.9. The molecule has 3 N–H and O–H groups in total. The summed E-state index contributed by atoms with van der Waals surface area (Å²) in [5.74, 6) is 0.745. The summed E-state index contributed by atoms with van der Waals surface area (Å²) in [6, 6.07) is 8.46. The molecule has 30 heavy (non-hydrogen) atoms. The SMILES string of the molecule is CCCC(O)(CCC)CNC(=NCc1ccc(COC2CCOCC2)cc1)NCC. The third-order valence-electron chi connectivity index (χ3n) is 5.46. The van der Waals surface area contributed by atoms with Crippen LogP contribution in [0.4, 0.5) is 0 Å². The average molecular weight is 420 g/mol. The van der Waals surface area contributed by atoms with Crippen LogP contribution in [0, 0.1) is 0 Å². The van der Waals surface area contributed by atoms with Crippen molar-refractivity contribution in [1.82, 2.24) is 10.6 Å². The van der Waals surface area contributed by atoms with Crippen molar-refractivity contribution in [3.8, 4) is 0 Å². The summed E-state index contributed by atoms with van der Waals surface area (Å²) < 4.78 is 11.4. The van der Waals surface area contributed by atoms with Crippen molar-refractivity contribution in [2.75, 3.05) is 26.3 Å². The lowest BCUT2D eigenvalue weighted by Gasteiger charge is -2.28. The van der Waals surface area contributed by atoms with Crippen molar-refractivity contribution < 1.29 is 14.6 Å². The van der Waals surface area contributed by atoms with Crippen LogP contribution in [0.2, 0.25) is 0 Å². The Labute approximate surface area is 182 Å². The molecule has 0 atom stereocenters. The lowest BCUT2D eigenvalue weighted by atomic mass is 9.93. The smallest absolute Gasteiger partial charge is 0.191 e. The Balaban J connectivity index is 1.85. The van der Waals surface area contributed by atoms with Gasteiger partial charge in [-0.1, -0.05) is 51.0 Å². The molecule has 6 nitrogen and oxygen atoms in total. The van der Waals surface area contributed by atoms with Gasteiger partial charge in [0.15, 0.2) is 5.96 Å². The average Bonchev–Trinajstić information content (AvgIpc) is 2.76. The van der Waals surface area contributed by atoms with Crippen molar-refractivity contribution in [3.63, 3.8) is 0 Å². The Morgan fingerprint density at radius 1 is 1.07 bits per heavy atom. The van der Waals surface area contributed by atoms with Crippen LogP contribution >= 0.6 is 0 Å². The summed E-state index contributed by atoms with van der Waals surface area (Å²) in [6.07, 6.45) is 5.82. The molecule has 170 valence electrons. The third-order valence-corrected chi connectivity index (χ3v) is 5.46. The number of nitrogens with one attached hydrogen (secondary N) is 2. The zero-order valence-corrected chi connectivity index (χ0v) is 19.1. The maximum atomic E-state index is 10.8. The molecular formula is C24H41N3O3. The van der Waals surface area contributed by atoms with E-state index < -0.39 is 5.60 Å². The van der Waals surface area contributed by atoms with Crippen LogP contribution in [-0.4, -0.2) is 49.1 Å². The molecule has 0 radical (unpaired) electrons. The van der Waals surface area contributed by atoms with Crippen LogP contribution in [0.15, 0.2) is 29.3 Å². The van der Waals surface area contributed by atoms with E-state index in [0.29, 0.717) is 25.8 Å². The molecule has 1 saturated heterocycles. The molecule has 1 aliphatic heterocycles. The van der Waals surface area contributed by atoms with Crippen molar-refractivity contribution >= 4 is 5.96 Å². The minimum Gasteiger partial charge on any atom is -0.388 e. The van der Waals surface area contributed by atoms with Gasteiger partial charge in [0.1, 0.15) is 0 Å². The molecular weight excluding hydrogens is 378 g/mol. The molecule has 0 bridgehead atoms.